The van der Waals surface area contributed by atoms with Crippen LogP contribution < -0.4 is 16.0 Å². The van der Waals surface area contributed by atoms with Crippen LogP contribution in [0.15, 0.2) is 30.3 Å². The van der Waals surface area contributed by atoms with Gasteiger partial charge >= 0.3 is 6.09 Å². The predicted molar refractivity (Wildman–Crippen MR) is 143 cm³/mol. The van der Waals surface area contributed by atoms with Crippen molar-refractivity contribution in [1.82, 2.24) is 16.0 Å². The van der Waals surface area contributed by atoms with Crippen LogP contribution in [0.25, 0.3) is 0 Å². The molecule has 0 unspecified atom stereocenters. The van der Waals surface area contributed by atoms with Gasteiger partial charge in [0.15, 0.2) is 0 Å². The van der Waals surface area contributed by atoms with Gasteiger partial charge in [0.2, 0.25) is 5.91 Å². The van der Waals surface area contributed by atoms with Gasteiger partial charge in [0.1, 0.15) is 5.60 Å². The number of hydrogen-bond donors (Lipinski definition) is 3. The Bertz CT molecular complexity index is 615. The van der Waals surface area contributed by atoms with Crippen LogP contribution in [0.4, 0.5) is 4.79 Å². The van der Waals surface area contributed by atoms with Gasteiger partial charge in [-0.1, -0.05) is 95.5 Å². The molecule has 1 aromatic carbocycles. The van der Waals surface area contributed by atoms with Gasteiger partial charge in [0.05, 0.1) is 6.54 Å². The van der Waals surface area contributed by atoms with Crippen molar-refractivity contribution in [3.63, 3.8) is 0 Å². The predicted octanol–water partition coefficient (Wildman–Crippen LogP) is 6.34. The van der Waals surface area contributed by atoms with Gasteiger partial charge in [-0.3, -0.25) is 4.79 Å². The quantitative estimate of drug-likeness (QED) is 0.243. The lowest BCUT2D eigenvalue weighted by Crippen LogP contribution is -2.34. The van der Waals surface area contributed by atoms with E-state index in [0.29, 0.717) is 13.1 Å². The van der Waals surface area contributed by atoms with E-state index in [4.69, 9.17) is 4.74 Å². The maximum absolute atomic E-state index is 11.7. The van der Waals surface area contributed by atoms with Gasteiger partial charge in [0, 0.05) is 19.6 Å². The molecule has 0 aromatic heterocycles. The van der Waals surface area contributed by atoms with Gasteiger partial charge in [-0.05, 0) is 39.2 Å². The fourth-order valence-electron chi connectivity index (χ4n) is 3.15. The Kier molecular flexibility index (Phi) is 20.1. The first-order chi connectivity index (χ1) is 16.3. The smallest absolute Gasteiger partial charge is 0.407 e. The van der Waals surface area contributed by atoms with E-state index in [-0.39, 0.29) is 12.0 Å². The molecule has 0 atom stereocenters. The van der Waals surface area contributed by atoms with Gasteiger partial charge in [0.25, 0.3) is 0 Å². The Morgan fingerprint density at radius 2 is 1.32 bits per heavy atom. The highest BCUT2D eigenvalue weighted by molar-refractivity contribution is 5.77. The number of unbranched alkanes of at least 4 members (excludes halogenated alkanes) is 8. The van der Waals surface area contributed by atoms with Crippen LogP contribution in [0.1, 0.15) is 104 Å². The summed E-state index contributed by atoms with van der Waals surface area (Å²) in [5.74, 6) is 0.0962. The van der Waals surface area contributed by atoms with Crippen molar-refractivity contribution in [3.8, 4) is 0 Å². The Morgan fingerprint density at radius 1 is 0.765 bits per heavy atom. The molecule has 0 saturated heterocycles. The molecule has 3 N–H and O–H groups in total. The molecule has 2 amide bonds. The standard InChI is InChI=1S/C19H32N2O.C9H19NO2/c1-2-3-4-5-6-7-8-12-15-21-19(22)17-20-16-18-13-10-9-11-14-18;1-5-6-7-10-8(11)12-9(2,3)4/h9-11,13-14,20H,2-8,12,15-17H2,1H3,(H,21,22);5-7H2,1-4H3,(H,10,11). The van der Waals surface area contributed by atoms with Crippen LogP contribution in [0.3, 0.4) is 0 Å². The zero-order valence-corrected chi connectivity index (χ0v) is 22.5. The van der Waals surface area contributed by atoms with E-state index >= 15 is 0 Å². The van der Waals surface area contributed by atoms with Gasteiger partial charge in [-0.15, -0.1) is 0 Å². The third-order valence-corrected chi connectivity index (χ3v) is 5.01. The summed E-state index contributed by atoms with van der Waals surface area (Å²) in [5.41, 5.74) is 0.814. The third-order valence-electron chi connectivity index (χ3n) is 5.01. The number of carbonyl (C=O) groups is 2. The molecule has 0 spiro atoms. The summed E-state index contributed by atoms with van der Waals surface area (Å²) in [6.45, 7) is 12.5. The number of amides is 2. The van der Waals surface area contributed by atoms with E-state index in [9.17, 15) is 9.59 Å². The van der Waals surface area contributed by atoms with Crippen LogP contribution in [-0.4, -0.2) is 37.2 Å². The van der Waals surface area contributed by atoms with Crippen molar-refractivity contribution in [2.75, 3.05) is 19.6 Å². The molecule has 0 radical (unpaired) electrons. The molecule has 6 nitrogen and oxygen atoms in total. The largest absolute Gasteiger partial charge is 0.444 e. The minimum Gasteiger partial charge on any atom is -0.444 e. The van der Waals surface area contributed by atoms with Crippen LogP contribution >= 0.6 is 0 Å². The van der Waals surface area contributed by atoms with Gasteiger partial charge in [-0.25, -0.2) is 4.79 Å². The molecule has 0 fully saturated rings. The Hall–Kier alpha value is -2.08. The lowest BCUT2D eigenvalue weighted by atomic mass is 10.1. The first kappa shape index (κ1) is 31.9. The summed E-state index contributed by atoms with van der Waals surface area (Å²) in [6, 6.07) is 10.1. The average Bonchev–Trinajstić information content (AvgIpc) is 2.78. The van der Waals surface area contributed by atoms with E-state index in [0.717, 1.165) is 32.4 Å². The van der Waals surface area contributed by atoms with Crippen molar-refractivity contribution < 1.29 is 14.3 Å². The maximum atomic E-state index is 11.7. The topological polar surface area (TPSA) is 79.5 Å². The van der Waals surface area contributed by atoms with Crippen molar-refractivity contribution in [3.05, 3.63) is 35.9 Å². The minimum absolute atomic E-state index is 0.0962. The molecule has 0 saturated carbocycles. The monoisotopic (exact) mass is 477 g/mol. The van der Waals surface area contributed by atoms with E-state index in [1.165, 1.54) is 50.5 Å². The molecule has 0 aliphatic rings. The Labute approximate surface area is 209 Å². The second-order valence-corrected chi connectivity index (χ2v) is 9.70. The number of ether oxygens (including phenoxy) is 1. The lowest BCUT2D eigenvalue weighted by Gasteiger charge is -2.19. The van der Waals surface area contributed by atoms with Gasteiger partial charge < -0.3 is 20.7 Å². The molecule has 1 rings (SSSR count). The van der Waals surface area contributed by atoms with Crippen molar-refractivity contribution in [2.24, 2.45) is 0 Å². The number of benzene rings is 1. The normalized spacial score (nSPS) is 10.7. The van der Waals surface area contributed by atoms with Gasteiger partial charge in [-0.2, -0.15) is 0 Å². The molecule has 0 heterocycles. The van der Waals surface area contributed by atoms with E-state index in [1.54, 1.807) is 0 Å². The molecule has 196 valence electrons. The summed E-state index contributed by atoms with van der Waals surface area (Å²) in [7, 11) is 0. The highest BCUT2D eigenvalue weighted by atomic mass is 16.6. The molecule has 6 heteroatoms. The zero-order chi connectivity index (χ0) is 25.5. The summed E-state index contributed by atoms with van der Waals surface area (Å²) >= 11 is 0. The van der Waals surface area contributed by atoms with Crippen LogP contribution in [0.2, 0.25) is 0 Å². The number of nitrogens with one attached hydrogen (secondary N) is 3. The van der Waals surface area contributed by atoms with Crippen LogP contribution in [-0.2, 0) is 16.1 Å². The fraction of sp³-hybridized carbons (Fsp3) is 0.714. The molecular formula is C28H51N3O3. The van der Waals surface area contributed by atoms with Crippen molar-refractivity contribution >= 4 is 12.0 Å². The SMILES string of the molecule is CCCCCCCCCCNC(=O)CNCc1ccccc1.CCCCNC(=O)OC(C)(C)C. The molecule has 34 heavy (non-hydrogen) atoms. The summed E-state index contributed by atoms with van der Waals surface area (Å²) in [5, 5.41) is 8.83. The average molecular weight is 478 g/mol. The second-order valence-electron chi connectivity index (χ2n) is 9.70. The Morgan fingerprint density at radius 3 is 1.91 bits per heavy atom. The van der Waals surface area contributed by atoms with Crippen LogP contribution in [0, 0.1) is 0 Å². The molecule has 1 aromatic rings. The van der Waals surface area contributed by atoms with E-state index in [1.807, 2.05) is 39.0 Å². The molecule has 0 aliphatic carbocycles. The highest BCUT2D eigenvalue weighted by Gasteiger charge is 2.15. The lowest BCUT2D eigenvalue weighted by molar-refractivity contribution is -0.120. The summed E-state index contributed by atoms with van der Waals surface area (Å²) in [6.07, 6.45) is 12.1. The van der Waals surface area contributed by atoms with Crippen molar-refractivity contribution in [1.29, 1.82) is 0 Å². The maximum Gasteiger partial charge on any atom is 0.407 e. The first-order valence-corrected chi connectivity index (χ1v) is 13.3. The van der Waals surface area contributed by atoms with Crippen LogP contribution in [0.5, 0.6) is 0 Å². The number of alkyl carbamates (subject to hydrolysis) is 1. The Balaban J connectivity index is 0.000000770. The fourth-order valence-corrected chi connectivity index (χ4v) is 3.15. The van der Waals surface area contributed by atoms with Crippen molar-refractivity contribution in [2.45, 2.75) is 111 Å². The summed E-state index contributed by atoms with van der Waals surface area (Å²) in [4.78, 5) is 22.7. The first-order valence-electron chi connectivity index (χ1n) is 13.3. The van der Waals surface area contributed by atoms with E-state index in [2.05, 4.69) is 41.9 Å². The zero-order valence-electron chi connectivity index (χ0n) is 22.5. The molecule has 0 aliphatic heterocycles. The number of hydrogen-bond acceptors (Lipinski definition) is 4. The minimum atomic E-state index is -0.393. The van der Waals surface area contributed by atoms with E-state index < -0.39 is 5.60 Å². The molecule has 0 bridgehead atoms. The number of rotatable bonds is 16. The highest BCUT2D eigenvalue weighted by Crippen LogP contribution is 2.08. The summed E-state index contributed by atoms with van der Waals surface area (Å²) < 4.78 is 5.03. The third kappa shape index (κ3) is 23.1. The molecular weight excluding hydrogens is 426 g/mol. The second kappa shape index (κ2) is 21.5. The number of carbonyl (C=O) groups excluding carboxylic acids is 2.